The minimum atomic E-state index is -0.298. The number of hydrogen-bond donors (Lipinski definition) is 2. The number of nitrogens with one attached hydrogen (secondary N) is 2. The van der Waals surface area contributed by atoms with Crippen LogP contribution in [0.2, 0.25) is 0 Å². The molecule has 0 saturated heterocycles. The zero-order chi connectivity index (χ0) is 13.0. The number of carbonyl (C=O) groups is 1. The molecule has 94 valence electrons. The van der Waals surface area contributed by atoms with E-state index in [2.05, 4.69) is 41.2 Å². The highest BCUT2D eigenvalue weighted by atomic mass is 79.9. The molecule has 0 saturated carbocycles. The van der Waals surface area contributed by atoms with Gasteiger partial charge in [0.25, 0.3) is 5.91 Å². The first-order chi connectivity index (χ1) is 8.70. The topological polar surface area (TPSA) is 80.0 Å². The van der Waals surface area contributed by atoms with Crippen molar-refractivity contribution in [3.05, 3.63) is 34.6 Å². The molecule has 18 heavy (non-hydrogen) atoms. The molecule has 0 spiro atoms. The zero-order valence-electron chi connectivity index (χ0n) is 9.61. The summed E-state index contributed by atoms with van der Waals surface area (Å²) in [6.07, 6.45) is 3.02. The Morgan fingerprint density at radius 2 is 2.39 bits per heavy atom. The molecule has 0 aromatic carbocycles. The molecule has 2 N–H and O–H groups in total. The Hall–Kier alpha value is -1.89. The molecule has 2 rings (SSSR count). The molecule has 0 fully saturated rings. The molecule has 2 aromatic rings. The molecule has 0 unspecified atom stereocenters. The van der Waals surface area contributed by atoms with E-state index in [0.717, 1.165) is 4.47 Å². The molecule has 0 aliphatic carbocycles. The predicted molar refractivity (Wildman–Crippen MR) is 70.6 cm³/mol. The summed E-state index contributed by atoms with van der Waals surface area (Å²) in [4.78, 5) is 16.2. The zero-order valence-corrected chi connectivity index (χ0v) is 11.2. The Morgan fingerprint density at radius 1 is 1.56 bits per heavy atom. The van der Waals surface area contributed by atoms with Gasteiger partial charge in [0.15, 0.2) is 5.82 Å². The van der Waals surface area contributed by atoms with Crippen molar-refractivity contribution in [1.82, 2.24) is 10.1 Å². The van der Waals surface area contributed by atoms with E-state index in [9.17, 15) is 4.79 Å². The highest BCUT2D eigenvalue weighted by Crippen LogP contribution is 2.19. The fraction of sp³-hybridized carbons (Fsp3) is 0.182. The van der Waals surface area contributed by atoms with Crippen LogP contribution in [0.25, 0.3) is 0 Å². The minimum Gasteiger partial charge on any atom is -0.370 e. The minimum absolute atomic E-state index is 0.298. The van der Waals surface area contributed by atoms with Crippen LogP contribution in [-0.2, 0) is 0 Å². The number of pyridine rings is 1. The van der Waals surface area contributed by atoms with E-state index >= 15 is 0 Å². The molecule has 1 amide bonds. The lowest BCUT2D eigenvalue weighted by Gasteiger charge is -2.09. The van der Waals surface area contributed by atoms with Gasteiger partial charge in [-0.15, -0.1) is 0 Å². The summed E-state index contributed by atoms with van der Waals surface area (Å²) >= 11 is 3.29. The second-order valence-electron chi connectivity index (χ2n) is 3.42. The van der Waals surface area contributed by atoms with Gasteiger partial charge in [0, 0.05) is 23.3 Å². The number of rotatable bonds is 4. The molecule has 0 bridgehead atoms. The summed E-state index contributed by atoms with van der Waals surface area (Å²) in [5.41, 5.74) is 0.439. The van der Waals surface area contributed by atoms with Crippen LogP contribution in [0.15, 0.2) is 33.6 Å². The van der Waals surface area contributed by atoms with Crippen molar-refractivity contribution in [3.8, 4) is 0 Å². The van der Waals surface area contributed by atoms with Crippen molar-refractivity contribution in [2.24, 2.45) is 0 Å². The SMILES string of the molecule is CCNc1ncc(Br)cc1C(=O)Nc1ccon1. The highest BCUT2D eigenvalue weighted by Gasteiger charge is 2.14. The van der Waals surface area contributed by atoms with Crippen LogP contribution >= 0.6 is 15.9 Å². The van der Waals surface area contributed by atoms with Gasteiger partial charge in [0.1, 0.15) is 12.1 Å². The first kappa shape index (κ1) is 12.6. The van der Waals surface area contributed by atoms with Crippen LogP contribution < -0.4 is 10.6 Å². The first-order valence-corrected chi connectivity index (χ1v) is 6.11. The maximum atomic E-state index is 12.1. The molecule has 0 atom stereocenters. The Balaban J connectivity index is 2.25. The number of anilines is 2. The van der Waals surface area contributed by atoms with Gasteiger partial charge in [0.05, 0.1) is 5.56 Å². The Bertz CT molecular complexity index is 542. The molecular formula is C11H11BrN4O2. The maximum absolute atomic E-state index is 12.1. The predicted octanol–water partition coefficient (Wildman–Crippen LogP) is 2.52. The van der Waals surface area contributed by atoms with Crippen LogP contribution in [0.4, 0.5) is 11.6 Å². The van der Waals surface area contributed by atoms with Gasteiger partial charge in [-0.2, -0.15) is 0 Å². The van der Waals surface area contributed by atoms with E-state index in [4.69, 9.17) is 0 Å². The molecule has 0 radical (unpaired) electrons. The van der Waals surface area contributed by atoms with Gasteiger partial charge in [-0.3, -0.25) is 4.79 Å². The average Bonchev–Trinajstić information content (AvgIpc) is 2.84. The van der Waals surface area contributed by atoms with Gasteiger partial charge in [-0.1, -0.05) is 5.16 Å². The van der Waals surface area contributed by atoms with Crippen molar-refractivity contribution in [1.29, 1.82) is 0 Å². The third kappa shape index (κ3) is 2.86. The van der Waals surface area contributed by atoms with Crippen LogP contribution in [0.3, 0.4) is 0 Å². The third-order valence-corrected chi connectivity index (χ3v) is 2.56. The van der Waals surface area contributed by atoms with E-state index < -0.39 is 0 Å². The van der Waals surface area contributed by atoms with Gasteiger partial charge in [-0.25, -0.2) is 4.98 Å². The molecule has 0 aliphatic rings. The molecule has 6 nitrogen and oxygen atoms in total. The fourth-order valence-corrected chi connectivity index (χ4v) is 1.71. The van der Waals surface area contributed by atoms with E-state index in [-0.39, 0.29) is 5.91 Å². The van der Waals surface area contributed by atoms with Crippen LogP contribution in [0.1, 0.15) is 17.3 Å². The number of halogens is 1. The van der Waals surface area contributed by atoms with Crippen molar-refractivity contribution in [2.45, 2.75) is 6.92 Å². The standard InChI is InChI=1S/C11H11BrN4O2/c1-2-13-10-8(5-7(12)6-14-10)11(17)15-9-3-4-18-16-9/h3-6H,2H2,1H3,(H,13,14)(H,15,16,17). The van der Waals surface area contributed by atoms with Crippen LogP contribution in [0, 0.1) is 0 Å². The lowest BCUT2D eigenvalue weighted by molar-refractivity contribution is 0.102. The third-order valence-electron chi connectivity index (χ3n) is 2.12. The van der Waals surface area contributed by atoms with E-state index in [1.54, 1.807) is 18.3 Å². The summed E-state index contributed by atoms with van der Waals surface area (Å²) in [5, 5.41) is 9.27. The van der Waals surface area contributed by atoms with E-state index in [1.165, 1.54) is 6.26 Å². The summed E-state index contributed by atoms with van der Waals surface area (Å²) < 4.78 is 5.38. The monoisotopic (exact) mass is 310 g/mol. The van der Waals surface area contributed by atoms with Gasteiger partial charge < -0.3 is 15.2 Å². The normalized spacial score (nSPS) is 10.1. The number of nitrogens with zero attached hydrogens (tertiary/aromatic N) is 2. The number of carbonyl (C=O) groups excluding carboxylic acids is 1. The van der Waals surface area contributed by atoms with Crippen molar-refractivity contribution in [2.75, 3.05) is 17.2 Å². The highest BCUT2D eigenvalue weighted by molar-refractivity contribution is 9.10. The second kappa shape index (κ2) is 5.63. The second-order valence-corrected chi connectivity index (χ2v) is 4.33. The molecule has 2 heterocycles. The smallest absolute Gasteiger partial charge is 0.260 e. The first-order valence-electron chi connectivity index (χ1n) is 5.32. The number of amides is 1. The Morgan fingerprint density at radius 3 is 3.06 bits per heavy atom. The molecule has 7 heteroatoms. The van der Waals surface area contributed by atoms with E-state index in [0.29, 0.717) is 23.7 Å². The van der Waals surface area contributed by atoms with Crippen molar-refractivity contribution in [3.63, 3.8) is 0 Å². The van der Waals surface area contributed by atoms with Crippen LogP contribution in [0.5, 0.6) is 0 Å². The summed E-state index contributed by atoms with van der Waals surface area (Å²) in [7, 11) is 0. The molecular weight excluding hydrogens is 300 g/mol. The number of aromatic nitrogens is 2. The Kier molecular flexibility index (Phi) is 3.93. The number of hydrogen-bond acceptors (Lipinski definition) is 5. The summed E-state index contributed by atoms with van der Waals surface area (Å²) in [6, 6.07) is 3.26. The van der Waals surface area contributed by atoms with Crippen molar-refractivity contribution >= 4 is 33.5 Å². The maximum Gasteiger partial charge on any atom is 0.260 e. The van der Waals surface area contributed by atoms with Gasteiger partial charge in [0.2, 0.25) is 0 Å². The Labute approximate surface area is 112 Å². The lowest BCUT2D eigenvalue weighted by Crippen LogP contribution is -2.16. The van der Waals surface area contributed by atoms with Gasteiger partial charge in [-0.05, 0) is 28.9 Å². The van der Waals surface area contributed by atoms with Crippen molar-refractivity contribution < 1.29 is 9.32 Å². The summed E-state index contributed by atoms with van der Waals surface area (Å²) in [6.45, 7) is 2.61. The lowest BCUT2D eigenvalue weighted by atomic mass is 10.2. The fourth-order valence-electron chi connectivity index (χ4n) is 1.38. The van der Waals surface area contributed by atoms with Gasteiger partial charge >= 0.3 is 0 Å². The quantitative estimate of drug-likeness (QED) is 0.907. The summed E-state index contributed by atoms with van der Waals surface area (Å²) in [5.74, 6) is 0.595. The van der Waals surface area contributed by atoms with Crippen LogP contribution in [-0.4, -0.2) is 22.6 Å². The molecule has 0 aliphatic heterocycles. The largest absolute Gasteiger partial charge is 0.370 e. The van der Waals surface area contributed by atoms with E-state index in [1.807, 2.05) is 6.92 Å². The molecule has 2 aromatic heterocycles. The average molecular weight is 311 g/mol.